The lowest BCUT2D eigenvalue weighted by atomic mass is 9.94. The van der Waals surface area contributed by atoms with E-state index >= 15 is 0 Å². The summed E-state index contributed by atoms with van der Waals surface area (Å²) >= 11 is 0. The SMILES string of the molecule is Cn1nc(-c2cnc3[nH]cc(C(=O)OCC(C)(C)C(N)=O)c3n2)c2ccc(F)cc21. The van der Waals surface area contributed by atoms with Gasteiger partial charge < -0.3 is 15.5 Å². The summed E-state index contributed by atoms with van der Waals surface area (Å²) in [4.78, 5) is 35.7. The maximum absolute atomic E-state index is 13.6. The molecule has 4 rings (SSSR count). The van der Waals surface area contributed by atoms with Gasteiger partial charge in [0.1, 0.15) is 34.9 Å². The Bertz CT molecular complexity index is 1310. The number of nitrogens with two attached hydrogens (primary N) is 1. The van der Waals surface area contributed by atoms with E-state index in [1.54, 1.807) is 31.6 Å². The molecule has 154 valence electrons. The first-order valence-electron chi connectivity index (χ1n) is 9.11. The van der Waals surface area contributed by atoms with E-state index in [2.05, 4.69) is 20.1 Å². The Morgan fingerprint density at radius 3 is 2.83 bits per heavy atom. The number of nitrogens with one attached hydrogen (secondary N) is 1. The van der Waals surface area contributed by atoms with Gasteiger partial charge in [-0.3, -0.25) is 9.48 Å². The van der Waals surface area contributed by atoms with Crippen molar-refractivity contribution in [3.05, 3.63) is 42.0 Å². The molecule has 3 heterocycles. The molecule has 0 atom stereocenters. The first kappa shape index (κ1) is 19.5. The lowest BCUT2D eigenvalue weighted by Crippen LogP contribution is -2.36. The van der Waals surface area contributed by atoms with Gasteiger partial charge in [-0.15, -0.1) is 0 Å². The van der Waals surface area contributed by atoms with Crippen LogP contribution in [0.25, 0.3) is 33.5 Å². The van der Waals surface area contributed by atoms with Crippen LogP contribution in [-0.4, -0.2) is 43.2 Å². The van der Waals surface area contributed by atoms with Crippen molar-refractivity contribution in [2.45, 2.75) is 13.8 Å². The number of aryl methyl sites for hydroxylation is 1. The van der Waals surface area contributed by atoms with Gasteiger partial charge in [-0.1, -0.05) is 0 Å². The molecular weight excluding hydrogens is 391 g/mol. The van der Waals surface area contributed by atoms with Crippen molar-refractivity contribution in [2.75, 3.05) is 6.61 Å². The highest BCUT2D eigenvalue weighted by Gasteiger charge is 2.28. The number of halogens is 1. The van der Waals surface area contributed by atoms with E-state index in [1.165, 1.54) is 24.5 Å². The monoisotopic (exact) mass is 410 g/mol. The molecule has 0 bridgehead atoms. The van der Waals surface area contributed by atoms with Crippen LogP contribution < -0.4 is 5.73 Å². The van der Waals surface area contributed by atoms with Gasteiger partial charge in [-0.05, 0) is 32.0 Å². The van der Waals surface area contributed by atoms with E-state index < -0.39 is 17.3 Å². The van der Waals surface area contributed by atoms with Crippen LogP contribution in [0.5, 0.6) is 0 Å². The van der Waals surface area contributed by atoms with Crippen molar-refractivity contribution in [1.29, 1.82) is 0 Å². The van der Waals surface area contributed by atoms with Crippen LogP contribution in [0.15, 0.2) is 30.6 Å². The molecule has 0 aliphatic carbocycles. The van der Waals surface area contributed by atoms with Gasteiger partial charge in [0.15, 0.2) is 5.65 Å². The second kappa shape index (κ2) is 6.90. The maximum atomic E-state index is 13.6. The number of benzene rings is 1. The van der Waals surface area contributed by atoms with E-state index in [1.807, 2.05) is 0 Å². The standard InChI is InChI=1S/C20H19FN6O3/c1-20(2,19(22)29)9-30-18(28)12-7-23-17-16(12)25-13(8-24-17)15-11-5-4-10(21)6-14(11)27(3)26-15/h4-8H,9H2,1-3H3,(H2,22,29)(H,23,24). The molecule has 9 nitrogen and oxygen atoms in total. The zero-order valence-corrected chi connectivity index (χ0v) is 16.6. The van der Waals surface area contributed by atoms with Crippen LogP contribution in [0.3, 0.4) is 0 Å². The Balaban J connectivity index is 1.72. The smallest absolute Gasteiger partial charge is 0.342 e. The molecule has 3 aromatic heterocycles. The molecule has 30 heavy (non-hydrogen) atoms. The summed E-state index contributed by atoms with van der Waals surface area (Å²) in [6.45, 7) is 3.01. The molecule has 0 saturated carbocycles. The Morgan fingerprint density at radius 2 is 2.10 bits per heavy atom. The van der Waals surface area contributed by atoms with Crippen LogP contribution >= 0.6 is 0 Å². The molecule has 4 aromatic rings. The van der Waals surface area contributed by atoms with Gasteiger partial charge in [-0.25, -0.2) is 19.2 Å². The average Bonchev–Trinajstić information content (AvgIpc) is 3.27. The number of hydrogen-bond acceptors (Lipinski definition) is 6. The van der Waals surface area contributed by atoms with Crippen LogP contribution in [0.4, 0.5) is 4.39 Å². The number of aromatic amines is 1. The summed E-state index contributed by atoms with van der Waals surface area (Å²) in [5.74, 6) is -1.60. The number of fused-ring (bicyclic) bond motifs is 2. The molecule has 0 aliphatic heterocycles. The summed E-state index contributed by atoms with van der Waals surface area (Å²) < 4.78 is 20.4. The molecule has 0 fully saturated rings. The second-order valence-corrected chi connectivity index (χ2v) is 7.61. The van der Waals surface area contributed by atoms with Crippen molar-refractivity contribution in [1.82, 2.24) is 24.7 Å². The molecule has 0 saturated heterocycles. The molecule has 0 aliphatic rings. The number of nitrogens with zero attached hydrogens (tertiary/aromatic N) is 4. The number of H-pyrrole nitrogens is 1. The first-order chi connectivity index (χ1) is 14.2. The number of carbonyl (C=O) groups is 2. The van der Waals surface area contributed by atoms with Crippen molar-refractivity contribution >= 4 is 33.9 Å². The molecule has 0 spiro atoms. The molecular formula is C20H19FN6O3. The predicted octanol–water partition coefficient (Wildman–Crippen LogP) is 2.32. The van der Waals surface area contributed by atoms with Gasteiger partial charge >= 0.3 is 5.97 Å². The molecule has 1 amide bonds. The van der Waals surface area contributed by atoms with E-state index in [0.29, 0.717) is 33.5 Å². The van der Waals surface area contributed by atoms with Crippen molar-refractivity contribution < 1.29 is 18.7 Å². The van der Waals surface area contributed by atoms with Gasteiger partial charge in [0, 0.05) is 18.6 Å². The summed E-state index contributed by atoms with van der Waals surface area (Å²) in [5.41, 5.74) is 6.72. The van der Waals surface area contributed by atoms with E-state index in [0.717, 1.165) is 0 Å². The quantitative estimate of drug-likeness (QED) is 0.486. The van der Waals surface area contributed by atoms with Gasteiger partial charge in [0.05, 0.1) is 17.1 Å². The van der Waals surface area contributed by atoms with Gasteiger partial charge in [0.2, 0.25) is 5.91 Å². The number of ether oxygens (including phenoxy) is 1. The molecule has 0 unspecified atom stereocenters. The fourth-order valence-corrected chi connectivity index (χ4v) is 2.98. The van der Waals surface area contributed by atoms with Crippen molar-refractivity contribution in [3.63, 3.8) is 0 Å². The Hall–Kier alpha value is -3.82. The number of esters is 1. The van der Waals surface area contributed by atoms with Crippen molar-refractivity contribution in [2.24, 2.45) is 18.2 Å². The zero-order valence-electron chi connectivity index (χ0n) is 16.6. The highest BCUT2D eigenvalue weighted by molar-refractivity contribution is 6.02. The van der Waals surface area contributed by atoms with Crippen LogP contribution in [-0.2, 0) is 16.6 Å². The number of carbonyl (C=O) groups excluding carboxylic acids is 2. The number of aromatic nitrogens is 5. The van der Waals surface area contributed by atoms with Crippen LogP contribution in [0.1, 0.15) is 24.2 Å². The fourth-order valence-electron chi connectivity index (χ4n) is 2.98. The molecule has 10 heteroatoms. The topological polar surface area (TPSA) is 129 Å². The van der Waals surface area contributed by atoms with Crippen LogP contribution in [0, 0.1) is 11.2 Å². The highest BCUT2D eigenvalue weighted by atomic mass is 19.1. The summed E-state index contributed by atoms with van der Waals surface area (Å²) in [6.07, 6.45) is 2.97. The normalized spacial score (nSPS) is 11.9. The number of hydrogen-bond donors (Lipinski definition) is 2. The van der Waals surface area contributed by atoms with Gasteiger partial charge in [0.25, 0.3) is 0 Å². The average molecular weight is 410 g/mol. The maximum Gasteiger partial charge on any atom is 0.342 e. The number of amides is 1. The minimum Gasteiger partial charge on any atom is -0.461 e. The first-order valence-corrected chi connectivity index (χ1v) is 9.11. The number of rotatable bonds is 5. The summed E-state index contributed by atoms with van der Waals surface area (Å²) in [5, 5.41) is 5.13. The van der Waals surface area contributed by atoms with E-state index in [9.17, 15) is 14.0 Å². The largest absolute Gasteiger partial charge is 0.461 e. The third-order valence-electron chi connectivity index (χ3n) is 4.89. The van der Waals surface area contributed by atoms with Gasteiger partial charge in [-0.2, -0.15) is 5.10 Å². The Labute approximate surface area is 170 Å². The zero-order chi connectivity index (χ0) is 21.6. The second-order valence-electron chi connectivity index (χ2n) is 7.61. The third kappa shape index (κ3) is 3.25. The lowest BCUT2D eigenvalue weighted by molar-refractivity contribution is -0.127. The van der Waals surface area contributed by atoms with E-state index in [4.69, 9.17) is 10.5 Å². The lowest BCUT2D eigenvalue weighted by Gasteiger charge is -2.19. The molecule has 1 aromatic carbocycles. The Kier molecular flexibility index (Phi) is 4.49. The predicted molar refractivity (Wildman–Crippen MR) is 107 cm³/mol. The molecule has 0 radical (unpaired) electrons. The highest BCUT2D eigenvalue weighted by Crippen LogP contribution is 2.28. The minimum atomic E-state index is -0.999. The minimum absolute atomic E-state index is 0.169. The Morgan fingerprint density at radius 1 is 1.33 bits per heavy atom. The molecule has 3 N–H and O–H groups in total. The third-order valence-corrected chi connectivity index (χ3v) is 4.89. The fraction of sp³-hybridized carbons (Fsp3) is 0.250. The van der Waals surface area contributed by atoms with Crippen molar-refractivity contribution in [3.8, 4) is 11.4 Å². The van der Waals surface area contributed by atoms with E-state index in [-0.39, 0.29) is 18.0 Å². The van der Waals surface area contributed by atoms with Crippen LogP contribution in [0.2, 0.25) is 0 Å². The summed E-state index contributed by atoms with van der Waals surface area (Å²) in [7, 11) is 1.71. The number of primary amides is 1. The summed E-state index contributed by atoms with van der Waals surface area (Å²) in [6, 6.07) is 4.35.